The van der Waals surface area contributed by atoms with Gasteiger partial charge in [0.15, 0.2) is 5.78 Å². The van der Waals surface area contributed by atoms with Gasteiger partial charge in [-0.05, 0) is 12.1 Å². The molecule has 0 spiro atoms. The van der Waals surface area contributed by atoms with Gasteiger partial charge in [-0.3, -0.25) is 9.59 Å². The van der Waals surface area contributed by atoms with Crippen LogP contribution in [0, 0.1) is 0 Å². The fourth-order valence-corrected chi connectivity index (χ4v) is 1.61. The van der Waals surface area contributed by atoms with Crippen LogP contribution in [0.4, 0.5) is 30.7 Å². The number of nitrogens with zero attached hydrogens (tertiary/aromatic N) is 2. The number of amides is 1. The van der Waals surface area contributed by atoms with Crippen LogP contribution in [-0.2, 0) is 12.3 Å². The Hall–Kier alpha value is -2.11. The molecule has 1 rings (SSSR count). The Bertz CT molecular complexity index is 636. The summed E-state index contributed by atoms with van der Waals surface area (Å²) >= 11 is 0. The van der Waals surface area contributed by atoms with Crippen molar-refractivity contribution in [3.8, 4) is 0 Å². The number of ketones is 1. The van der Waals surface area contributed by atoms with Crippen LogP contribution in [0.15, 0.2) is 12.1 Å². The number of alkyl halides is 7. The van der Waals surface area contributed by atoms with Gasteiger partial charge in [0, 0.05) is 14.0 Å². The minimum Gasteiger partial charge on any atom is -0.337 e. The second-order valence-corrected chi connectivity index (χ2v) is 4.43. The average Bonchev–Trinajstić information content (AvgIpc) is 2.77. The van der Waals surface area contributed by atoms with E-state index in [-0.39, 0.29) is 5.69 Å². The summed E-state index contributed by atoms with van der Waals surface area (Å²) < 4.78 is 88.4. The Morgan fingerprint density at radius 1 is 1.00 bits per heavy atom. The van der Waals surface area contributed by atoms with Gasteiger partial charge in [0.2, 0.25) is 0 Å². The number of hydrogen-bond donors (Lipinski definition) is 0. The van der Waals surface area contributed by atoms with Crippen molar-refractivity contribution in [1.82, 2.24) is 9.63 Å². The number of hydroxylamine groups is 2. The largest absolute Gasteiger partial charge is 0.462 e. The molecule has 0 aliphatic rings. The number of Topliss-reactive ketones (excluding diaryl/α,β-unsaturated/α-hetero) is 1. The quantitative estimate of drug-likeness (QED) is 0.363. The highest BCUT2D eigenvalue weighted by Crippen LogP contribution is 2.47. The van der Waals surface area contributed by atoms with Gasteiger partial charge >= 0.3 is 24.1 Å². The van der Waals surface area contributed by atoms with Crippen LogP contribution in [0.2, 0.25) is 0 Å². The van der Waals surface area contributed by atoms with Gasteiger partial charge < -0.3 is 4.57 Å². The van der Waals surface area contributed by atoms with Gasteiger partial charge in [0.1, 0.15) is 5.69 Å². The zero-order chi connectivity index (χ0) is 18.4. The van der Waals surface area contributed by atoms with Gasteiger partial charge in [-0.25, -0.2) is 0 Å². The highest BCUT2D eigenvalue weighted by atomic mass is 19.4. The first-order valence-corrected chi connectivity index (χ1v) is 5.67. The predicted octanol–water partition coefficient (Wildman–Crippen LogP) is 2.81. The Kier molecular flexibility index (Phi) is 4.54. The third-order valence-electron chi connectivity index (χ3n) is 2.87. The molecule has 0 aliphatic heterocycles. The van der Waals surface area contributed by atoms with E-state index >= 15 is 0 Å². The van der Waals surface area contributed by atoms with Crippen LogP contribution in [0.3, 0.4) is 0 Å². The van der Waals surface area contributed by atoms with Crippen molar-refractivity contribution < 1.29 is 45.5 Å². The minimum atomic E-state index is -6.76. The lowest BCUT2D eigenvalue weighted by Gasteiger charge is -2.31. The maximum absolute atomic E-state index is 13.2. The first kappa shape index (κ1) is 18.9. The molecule has 1 radical (unpaired) electrons. The number of halogens is 7. The molecule has 1 amide bonds. The van der Waals surface area contributed by atoms with Crippen LogP contribution in [-0.4, -0.2) is 39.5 Å². The SMILES string of the molecule is CC(=O)c1ccc(C(=O)N([O])C(F)(F)C(F)(F)C(F)(F)F)n1C. The minimum absolute atomic E-state index is 0.243. The van der Waals surface area contributed by atoms with Gasteiger partial charge in [0.05, 0.1) is 5.69 Å². The van der Waals surface area contributed by atoms with E-state index in [0.717, 1.165) is 20.0 Å². The van der Waals surface area contributed by atoms with Crippen molar-refractivity contribution in [3.05, 3.63) is 23.5 Å². The second kappa shape index (κ2) is 5.51. The van der Waals surface area contributed by atoms with Crippen molar-refractivity contribution in [2.24, 2.45) is 7.05 Å². The molecule has 1 aromatic heterocycles. The molecule has 5 nitrogen and oxygen atoms in total. The molecule has 0 saturated heterocycles. The summed E-state index contributed by atoms with van der Waals surface area (Å²) in [4.78, 5) is 22.6. The van der Waals surface area contributed by atoms with Crippen molar-refractivity contribution in [2.45, 2.75) is 25.1 Å². The first-order valence-electron chi connectivity index (χ1n) is 5.67. The van der Waals surface area contributed by atoms with Crippen molar-refractivity contribution >= 4 is 11.7 Å². The predicted molar refractivity (Wildman–Crippen MR) is 58.2 cm³/mol. The maximum atomic E-state index is 13.2. The fraction of sp³-hybridized carbons (Fsp3) is 0.455. The van der Waals surface area contributed by atoms with Crippen LogP contribution >= 0.6 is 0 Å². The molecule has 0 fully saturated rings. The normalized spacial score (nSPS) is 13.1. The first-order chi connectivity index (χ1) is 10.2. The molecule has 1 aromatic rings. The van der Waals surface area contributed by atoms with Crippen molar-refractivity contribution in [3.63, 3.8) is 0 Å². The molecule has 0 bridgehead atoms. The summed E-state index contributed by atoms with van der Waals surface area (Å²) in [5, 5.41) is 8.88. The smallest absolute Gasteiger partial charge is 0.337 e. The number of carbonyl (C=O) groups is 2. The molecule has 0 N–H and O–H groups in total. The van der Waals surface area contributed by atoms with E-state index in [4.69, 9.17) is 0 Å². The van der Waals surface area contributed by atoms with E-state index in [0.29, 0.717) is 10.6 Å². The van der Waals surface area contributed by atoms with Crippen molar-refractivity contribution in [2.75, 3.05) is 0 Å². The van der Waals surface area contributed by atoms with E-state index < -0.39 is 40.6 Å². The van der Waals surface area contributed by atoms with Crippen LogP contribution in [0.25, 0.3) is 0 Å². The Labute approximate surface area is 123 Å². The number of carbonyl (C=O) groups excluding carboxylic acids is 2. The topological polar surface area (TPSA) is 62.2 Å². The second-order valence-electron chi connectivity index (χ2n) is 4.43. The summed E-state index contributed by atoms with van der Waals surface area (Å²) in [6, 6.07) is -4.78. The summed E-state index contributed by atoms with van der Waals surface area (Å²) in [6.07, 6.45) is -6.75. The molecule has 1 heterocycles. The molecular formula is C11H8F7N2O3. The molecule has 129 valence electrons. The van der Waals surface area contributed by atoms with Crippen LogP contribution in [0.5, 0.6) is 0 Å². The fourth-order valence-electron chi connectivity index (χ4n) is 1.61. The lowest BCUT2D eigenvalue weighted by molar-refractivity contribution is -0.425. The number of hydrogen-bond acceptors (Lipinski definition) is 2. The molecule has 23 heavy (non-hydrogen) atoms. The molecule has 0 aliphatic carbocycles. The van der Waals surface area contributed by atoms with E-state index in [9.17, 15) is 45.5 Å². The Morgan fingerprint density at radius 3 is 1.78 bits per heavy atom. The summed E-state index contributed by atoms with van der Waals surface area (Å²) in [6.45, 7) is 1.02. The lowest BCUT2D eigenvalue weighted by Crippen LogP contribution is -2.61. The highest BCUT2D eigenvalue weighted by Gasteiger charge is 2.77. The molecule has 0 aromatic carbocycles. The Morgan fingerprint density at radius 2 is 1.43 bits per heavy atom. The highest BCUT2D eigenvalue weighted by molar-refractivity contribution is 5.97. The van der Waals surface area contributed by atoms with E-state index in [2.05, 4.69) is 0 Å². The number of aromatic nitrogens is 1. The third kappa shape index (κ3) is 2.90. The van der Waals surface area contributed by atoms with Crippen LogP contribution < -0.4 is 0 Å². The van der Waals surface area contributed by atoms with Gasteiger partial charge in [0.25, 0.3) is 0 Å². The molecular weight excluding hydrogens is 341 g/mol. The molecule has 0 unspecified atom stereocenters. The number of rotatable bonds is 4. The monoisotopic (exact) mass is 349 g/mol. The summed E-state index contributed by atoms with van der Waals surface area (Å²) in [7, 11) is 0.970. The van der Waals surface area contributed by atoms with E-state index in [1.54, 1.807) is 0 Å². The van der Waals surface area contributed by atoms with Crippen molar-refractivity contribution in [1.29, 1.82) is 0 Å². The Balaban J connectivity index is 3.26. The molecule has 0 saturated carbocycles. The lowest BCUT2D eigenvalue weighted by atomic mass is 10.2. The van der Waals surface area contributed by atoms with Gasteiger partial charge in [-0.15, -0.1) is 5.06 Å². The summed E-state index contributed by atoms with van der Waals surface area (Å²) in [5.41, 5.74) is -1.20. The van der Waals surface area contributed by atoms with Crippen LogP contribution in [0.1, 0.15) is 27.9 Å². The van der Waals surface area contributed by atoms with Gasteiger partial charge in [-0.1, -0.05) is 5.21 Å². The molecule has 12 heteroatoms. The van der Waals surface area contributed by atoms with E-state index in [1.807, 2.05) is 0 Å². The van der Waals surface area contributed by atoms with E-state index in [1.165, 1.54) is 0 Å². The standard InChI is InChI=1S/C11H8F7N2O3/c1-5(21)6-3-4-7(19(6)2)8(22)20(23)11(17,18)9(12,13)10(14,15)16/h3-4H,1-2H3. The molecule has 0 atom stereocenters. The third-order valence-corrected chi connectivity index (χ3v) is 2.87. The zero-order valence-electron chi connectivity index (χ0n) is 11.4. The average molecular weight is 349 g/mol. The maximum Gasteiger partial charge on any atom is 0.462 e. The summed E-state index contributed by atoms with van der Waals surface area (Å²) in [5.74, 6) is -9.77. The zero-order valence-corrected chi connectivity index (χ0v) is 11.4. The van der Waals surface area contributed by atoms with Gasteiger partial charge in [-0.2, -0.15) is 30.7 Å².